The first-order valence-corrected chi connectivity index (χ1v) is 6.23. The summed E-state index contributed by atoms with van der Waals surface area (Å²) in [5.74, 6) is -0.364. The van der Waals surface area contributed by atoms with Crippen LogP contribution in [0.3, 0.4) is 0 Å². The van der Waals surface area contributed by atoms with Gasteiger partial charge in [-0.05, 0) is 12.1 Å². The SMILES string of the molecule is COCCOCCNC(=O)c1ccc([N+](=O)[O-])c(Cl)c1. The second-order valence-corrected chi connectivity index (χ2v) is 4.19. The average Bonchev–Trinajstić information content (AvgIpc) is 2.41. The molecule has 0 spiro atoms. The molecule has 1 aromatic carbocycles. The van der Waals surface area contributed by atoms with Crippen LogP contribution in [0.5, 0.6) is 0 Å². The second kappa shape index (κ2) is 8.47. The smallest absolute Gasteiger partial charge is 0.287 e. The van der Waals surface area contributed by atoms with Crippen molar-refractivity contribution in [3.05, 3.63) is 38.9 Å². The summed E-state index contributed by atoms with van der Waals surface area (Å²) in [4.78, 5) is 21.7. The molecule has 1 aromatic rings. The zero-order valence-electron chi connectivity index (χ0n) is 10.9. The molecule has 0 aliphatic heterocycles. The van der Waals surface area contributed by atoms with Crippen molar-refractivity contribution < 1.29 is 19.2 Å². The van der Waals surface area contributed by atoms with Crippen LogP contribution in [0.1, 0.15) is 10.4 Å². The van der Waals surface area contributed by atoms with Gasteiger partial charge in [0.1, 0.15) is 5.02 Å². The number of carbonyl (C=O) groups is 1. The molecule has 1 N–H and O–H groups in total. The zero-order valence-corrected chi connectivity index (χ0v) is 11.7. The molecular weight excluding hydrogens is 288 g/mol. The summed E-state index contributed by atoms with van der Waals surface area (Å²) < 4.78 is 9.98. The third-order valence-corrected chi connectivity index (χ3v) is 2.67. The molecule has 0 saturated carbocycles. The van der Waals surface area contributed by atoms with Gasteiger partial charge in [-0.25, -0.2) is 0 Å². The first kappa shape index (κ1) is 16.4. The predicted octanol–water partition coefficient (Wildman–Crippen LogP) is 1.64. The molecule has 8 heteroatoms. The second-order valence-electron chi connectivity index (χ2n) is 3.78. The van der Waals surface area contributed by atoms with E-state index in [1.807, 2.05) is 0 Å². The van der Waals surface area contributed by atoms with Gasteiger partial charge in [0.15, 0.2) is 0 Å². The summed E-state index contributed by atoms with van der Waals surface area (Å²) in [6.07, 6.45) is 0. The summed E-state index contributed by atoms with van der Waals surface area (Å²) in [7, 11) is 1.57. The Balaban J connectivity index is 2.44. The van der Waals surface area contributed by atoms with E-state index in [0.717, 1.165) is 0 Å². The van der Waals surface area contributed by atoms with Crippen molar-refractivity contribution in [1.82, 2.24) is 5.32 Å². The average molecular weight is 303 g/mol. The molecule has 20 heavy (non-hydrogen) atoms. The number of halogens is 1. The Bertz CT molecular complexity index is 481. The third kappa shape index (κ3) is 5.12. The Hall–Kier alpha value is -1.70. The normalized spacial score (nSPS) is 10.3. The molecule has 110 valence electrons. The lowest BCUT2D eigenvalue weighted by molar-refractivity contribution is -0.384. The van der Waals surface area contributed by atoms with Gasteiger partial charge in [0, 0.05) is 25.3 Å². The van der Waals surface area contributed by atoms with Crippen molar-refractivity contribution in [2.75, 3.05) is 33.5 Å². The standard InChI is InChI=1S/C12H15ClN2O5/c1-19-6-7-20-5-4-14-12(16)9-2-3-11(15(17)18)10(13)8-9/h2-3,8H,4-7H2,1H3,(H,14,16). The van der Waals surface area contributed by atoms with Crippen LogP contribution >= 0.6 is 11.6 Å². The summed E-state index contributed by atoms with van der Waals surface area (Å²) in [5, 5.41) is 13.1. The van der Waals surface area contributed by atoms with Crippen LogP contribution in [-0.4, -0.2) is 44.3 Å². The van der Waals surface area contributed by atoms with Crippen LogP contribution in [0.2, 0.25) is 5.02 Å². The maximum atomic E-state index is 11.7. The number of nitrogens with zero attached hydrogens (tertiary/aromatic N) is 1. The molecule has 0 heterocycles. The molecule has 0 bridgehead atoms. The van der Waals surface area contributed by atoms with Gasteiger partial charge in [-0.15, -0.1) is 0 Å². The summed E-state index contributed by atoms with van der Waals surface area (Å²) in [6.45, 7) is 1.63. The quantitative estimate of drug-likeness (QED) is 0.448. The van der Waals surface area contributed by atoms with E-state index in [2.05, 4.69) is 5.32 Å². The lowest BCUT2D eigenvalue weighted by Crippen LogP contribution is -2.27. The van der Waals surface area contributed by atoms with E-state index in [1.165, 1.54) is 18.2 Å². The first-order chi connectivity index (χ1) is 9.56. The highest BCUT2D eigenvalue weighted by Crippen LogP contribution is 2.24. The van der Waals surface area contributed by atoms with E-state index >= 15 is 0 Å². The van der Waals surface area contributed by atoms with Gasteiger partial charge in [-0.3, -0.25) is 14.9 Å². The van der Waals surface area contributed by atoms with E-state index in [4.69, 9.17) is 21.1 Å². The molecule has 0 fully saturated rings. The minimum atomic E-state index is -0.604. The Kier molecular flexibility index (Phi) is 6.92. The molecule has 0 aliphatic rings. The monoisotopic (exact) mass is 302 g/mol. The molecule has 1 rings (SSSR count). The fraction of sp³-hybridized carbons (Fsp3) is 0.417. The van der Waals surface area contributed by atoms with Crippen molar-refractivity contribution in [2.24, 2.45) is 0 Å². The molecule has 0 unspecified atom stereocenters. The number of methoxy groups -OCH3 is 1. The van der Waals surface area contributed by atoms with Gasteiger partial charge >= 0.3 is 0 Å². The number of nitrogens with one attached hydrogen (secondary N) is 1. The van der Waals surface area contributed by atoms with E-state index in [0.29, 0.717) is 26.4 Å². The third-order valence-electron chi connectivity index (χ3n) is 2.37. The van der Waals surface area contributed by atoms with Crippen LogP contribution in [-0.2, 0) is 9.47 Å². The van der Waals surface area contributed by atoms with Crippen molar-refractivity contribution in [2.45, 2.75) is 0 Å². The summed E-state index contributed by atoms with van der Waals surface area (Å²) >= 11 is 5.73. The number of benzene rings is 1. The van der Waals surface area contributed by atoms with E-state index < -0.39 is 4.92 Å². The van der Waals surface area contributed by atoms with Gasteiger partial charge < -0.3 is 14.8 Å². The van der Waals surface area contributed by atoms with Crippen LogP contribution in [0.25, 0.3) is 0 Å². The lowest BCUT2D eigenvalue weighted by atomic mass is 10.2. The number of nitro benzene ring substituents is 1. The minimum Gasteiger partial charge on any atom is -0.382 e. The summed E-state index contributed by atoms with van der Waals surface area (Å²) in [5.41, 5.74) is 0.0311. The molecule has 0 aromatic heterocycles. The zero-order chi connectivity index (χ0) is 15.0. The highest BCUT2D eigenvalue weighted by Gasteiger charge is 2.14. The minimum absolute atomic E-state index is 0.0704. The first-order valence-electron chi connectivity index (χ1n) is 5.85. The van der Waals surface area contributed by atoms with Crippen LogP contribution in [0, 0.1) is 10.1 Å². The fourth-order valence-corrected chi connectivity index (χ4v) is 1.63. The van der Waals surface area contributed by atoms with Crippen molar-refractivity contribution in [3.63, 3.8) is 0 Å². The largest absolute Gasteiger partial charge is 0.382 e. The number of nitro groups is 1. The number of hydrogen-bond donors (Lipinski definition) is 1. The highest BCUT2D eigenvalue weighted by atomic mass is 35.5. The van der Waals surface area contributed by atoms with Gasteiger partial charge in [0.05, 0.1) is 24.7 Å². The molecule has 0 aliphatic carbocycles. The Morgan fingerprint density at radius 2 is 2.15 bits per heavy atom. The van der Waals surface area contributed by atoms with E-state index in [1.54, 1.807) is 7.11 Å². The van der Waals surface area contributed by atoms with E-state index in [-0.39, 0.29) is 22.2 Å². The van der Waals surface area contributed by atoms with Crippen LogP contribution in [0.4, 0.5) is 5.69 Å². The number of amides is 1. The Morgan fingerprint density at radius 3 is 2.75 bits per heavy atom. The molecular formula is C12H15ClN2O5. The predicted molar refractivity (Wildman–Crippen MR) is 73.1 cm³/mol. The summed E-state index contributed by atoms with van der Waals surface area (Å²) in [6, 6.07) is 3.82. The van der Waals surface area contributed by atoms with Crippen molar-refractivity contribution >= 4 is 23.2 Å². The molecule has 0 radical (unpaired) electrons. The fourth-order valence-electron chi connectivity index (χ4n) is 1.38. The number of carbonyl (C=O) groups excluding carboxylic acids is 1. The lowest BCUT2D eigenvalue weighted by Gasteiger charge is -2.06. The molecule has 7 nitrogen and oxygen atoms in total. The van der Waals surface area contributed by atoms with Gasteiger partial charge in [-0.1, -0.05) is 11.6 Å². The highest BCUT2D eigenvalue weighted by molar-refractivity contribution is 6.33. The van der Waals surface area contributed by atoms with Crippen molar-refractivity contribution in [3.8, 4) is 0 Å². The van der Waals surface area contributed by atoms with Gasteiger partial charge in [0.25, 0.3) is 11.6 Å². The van der Waals surface area contributed by atoms with Gasteiger partial charge in [-0.2, -0.15) is 0 Å². The number of rotatable bonds is 8. The Morgan fingerprint density at radius 1 is 1.40 bits per heavy atom. The topological polar surface area (TPSA) is 90.7 Å². The maximum Gasteiger partial charge on any atom is 0.287 e. The molecule has 1 amide bonds. The molecule has 0 atom stereocenters. The molecule has 0 saturated heterocycles. The van der Waals surface area contributed by atoms with Gasteiger partial charge in [0.2, 0.25) is 0 Å². The Labute approximate surface area is 121 Å². The maximum absolute atomic E-state index is 11.7. The number of hydrogen-bond acceptors (Lipinski definition) is 5. The van der Waals surface area contributed by atoms with Crippen LogP contribution in [0.15, 0.2) is 18.2 Å². The van der Waals surface area contributed by atoms with E-state index in [9.17, 15) is 14.9 Å². The number of ether oxygens (including phenoxy) is 2. The van der Waals surface area contributed by atoms with Crippen molar-refractivity contribution in [1.29, 1.82) is 0 Å². The van der Waals surface area contributed by atoms with Crippen LogP contribution < -0.4 is 5.32 Å².